The van der Waals surface area contributed by atoms with Gasteiger partial charge in [0, 0.05) is 11.4 Å². The number of aliphatic carboxylic acids is 2. The first-order chi connectivity index (χ1) is 14.7. The van der Waals surface area contributed by atoms with Gasteiger partial charge >= 0.3 is 59.1 Å². The molecule has 10 heteroatoms. The topological polar surface area (TPSA) is 135 Å². The largest absolute Gasteiger partial charge is 1.00 e. The van der Waals surface area contributed by atoms with Gasteiger partial charge in [0.1, 0.15) is 5.25 Å². The van der Waals surface area contributed by atoms with E-state index in [4.69, 9.17) is 0 Å². The first-order valence-electron chi connectivity index (χ1n) is 12.1. The van der Waals surface area contributed by atoms with Crippen LogP contribution in [0.3, 0.4) is 0 Å². The summed E-state index contributed by atoms with van der Waals surface area (Å²) < 4.78 is 34.2. The molecule has 0 amide bonds. The summed E-state index contributed by atoms with van der Waals surface area (Å²) in [6.07, 6.45) is 5.34. The summed E-state index contributed by atoms with van der Waals surface area (Å²) in [6.45, 7) is 12.1. The maximum absolute atomic E-state index is 12.6. The fourth-order valence-electron chi connectivity index (χ4n) is 4.89. The van der Waals surface area contributed by atoms with Gasteiger partial charge in [0.05, 0.1) is 5.97 Å². The van der Waals surface area contributed by atoms with E-state index >= 15 is 0 Å². The second-order valence-corrected chi connectivity index (χ2v) is 11.8. The van der Waals surface area contributed by atoms with Crippen LogP contribution in [-0.2, 0) is 19.7 Å². The van der Waals surface area contributed by atoms with Crippen LogP contribution in [0.2, 0.25) is 0 Å². The molecule has 7 nitrogen and oxygen atoms in total. The van der Waals surface area contributed by atoms with Crippen molar-refractivity contribution in [3.05, 3.63) is 0 Å². The maximum atomic E-state index is 12.6. The molecule has 0 bridgehead atoms. The third kappa shape index (κ3) is 14.0. The van der Waals surface area contributed by atoms with Gasteiger partial charge in [-0.05, 0) is 36.5 Å². The second kappa shape index (κ2) is 19.0. The molecule has 1 N–H and O–H groups in total. The SMILES string of the molecule is CCCC(CCC(C)C)CC(CC(CCC)CCC(C)C)(C(=O)[O-])C(C(=O)[O-])S(=O)(=O)O.[Na+].[Na+]. The van der Waals surface area contributed by atoms with E-state index in [0.29, 0.717) is 37.5 Å². The fraction of sp³-hybridized carbons (Fsp3) is 0.917. The molecule has 0 fully saturated rings. The molecule has 0 rings (SSSR count). The van der Waals surface area contributed by atoms with Gasteiger partial charge in [-0.3, -0.25) is 4.55 Å². The van der Waals surface area contributed by atoms with Crippen molar-refractivity contribution in [1.29, 1.82) is 0 Å². The molecular weight excluding hydrogens is 478 g/mol. The monoisotopic (exact) mass is 522 g/mol. The quantitative estimate of drug-likeness (QED) is 0.152. The molecule has 0 aromatic rings. The maximum Gasteiger partial charge on any atom is 1.00 e. The summed E-state index contributed by atoms with van der Waals surface area (Å²) in [7, 11) is -5.23. The Morgan fingerprint density at radius 1 is 0.765 bits per heavy atom. The molecule has 34 heavy (non-hydrogen) atoms. The summed E-state index contributed by atoms with van der Waals surface area (Å²) in [4.78, 5) is 24.6. The Labute approximate surface area is 251 Å². The van der Waals surface area contributed by atoms with E-state index in [1.54, 1.807) is 0 Å². The third-order valence-corrected chi connectivity index (χ3v) is 7.66. The minimum atomic E-state index is -5.23. The van der Waals surface area contributed by atoms with Crippen LogP contribution in [0.1, 0.15) is 106 Å². The van der Waals surface area contributed by atoms with Gasteiger partial charge in [-0.2, -0.15) is 8.42 Å². The summed E-state index contributed by atoms with van der Waals surface area (Å²) in [5.41, 5.74) is -2.25. The van der Waals surface area contributed by atoms with E-state index < -0.39 is 32.7 Å². The van der Waals surface area contributed by atoms with Crippen LogP contribution in [0.25, 0.3) is 0 Å². The number of carboxylic acid groups (broad SMARTS) is 2. The Morgan fingerprint density at radius 2 is 1.12 bits per heavy atom. The van der Waals surface area contributed by atoms with Crippen LogP contribution in [-0.4, -0.2) is 30.2 Å². The van der Waals surface area contributed by atoms with Crippen LogP contribution in [0, 0.1) is 29.1 Å². The van der Waals surface area contributed by atoms with Gasteiger partial charge in [0.25, 0.3) is 10.1 Å². The molecule has 0 saturated heterocycles. The third-order valence-electron chi connectivity index (χ3n) is 6.42. The van der Waals surface area contributed by atoms with Crippen LogP contribution in [0.4, 0.5) is 0 Å². The van der Waals surface area contributed by atoms with Crippen molar-refractivity contribution in [3.63, 3.8) is 0 Å². The van der Waals surface area contributed by atoms with Crippen LogP contribution in [0.5, 0.6) is 0 Å². The van der Waals surface area contributed by atoms with Crippen LogP contribution in [0.15, 0.2) is 0 Å². The van der Waals surface area contributed by atoms with Crippen molar-refractivity contribution in [3.8, 4) is 0 Å². The van der Waals surface area contributed by atoms with Crippen molar-refractivity contribution < 1.29 is 91.9 Å². The molecule has 0 aliphatic heterocycles. The zero-order chi connectivity index (χ0) is 25.1. The van der Waals surface area contributed by atoms with Crippen molar-refractivity contribution in [2.75, 3.05) is 0 Å². The molecule has 3 unspecified atom stereocenters. The number of hydrogen-bond donors (Lipinski definition) is 1. The van der Waals surface area contributed by atoms with Gasteiger partial charge < -0.3 is 19.8 Å². The summed E-state index contributed by atoms with van der Waals surface area (Å²) in [6, 6.07) is 0. The number of carbonyl (C=O) groups is 2. The normalized spacial score (nSPS) is 16.1. The van der Waals surface area contributed by atoms with E-state index in [0.717, 1.165) is 25.7 Å². The molecule has 0 aromatic carbocycles. The first kappa shape index (κ1) is 39.4. The Kier molecular flexibility index (Phi) is 22.0. The van der Waals surface area contributed by atoms with Gasteiger partial charge in [-0.15, -0.1) is 0 Å². The number of carboxylic acids is 2. The standard InChI is InChI=1S/C24H46O7S.2Na/c1-7-9-19(13-11-17(3)4)15-24(23(27)28,21(22(25)26)32(29,30)31)16-20(10-8-2)14-12-18(5)6;;/h17-21H,7-16H2,1-6H3,(H,25,26)(H,27,28)(H,29,30,31);;/q;2*+1/p-2. The molecule has 0 saturated carbocycles. The van der Waals surface area contributed by atoms with Gasteiger partial charge in [-0.25, -0.2) is 0 Å². The average Bonchev–Trinajstić information content (AvgIpc) is 2.62. The second-order valence-electron chi connectivity index (χ2n) is 10.3. The zero-order valence-electron chi connectivity index (χ0n) is 22.8. The molecule has 190 valence electrons. The van der Waals surface area contributed by atoms with Crippen molar-refractivity contribution in [2.24, 2.45) is 29.1 Å². The van der Waals surface area contributed by atoms with E-state index in [1.165, 1.54) is 0 Å². The van der Waals surface area contributed by atoms with Crippen molar-refractivity contribution in [2.45, 2.75) is 111 Å². The molecule has 0 aliphatic carbocycles. The number of hydrogen-bond acceptors (Lipinski definition) is 6. The van der Waals surface area contributed by atoms with Gasteiger partial charge in [-0.1, -0.05) is 92.9 Å². The molecule has 3 atom stereocenters. The summed E-state index contributed by atoms with van der Waals surface area (Å²) in [5.74, 6) is -3.49. The van der Waals surface area contributed by atoms with Crippen molar-refractivity contribution in [1.82, 2.24) is 0 Å². The molecule has 0 aromatic heterocycles. The van der Waals surface area contributed by atoms with E-state index in [9.17, 15) is 32.8 Å². The minimum absolute atomic E-state index is 0. The van der Waals surface area contributed by atoms with E-state index in [2.05, 4.69) is 0 Å². The Morgan fingerprint density at radius 3 is 1.32 bits per heavy atom. The van der Waals surface area contributed by atoms with Gasteiger partial charge in [0.15, 0.2) is 0 Å². The first-order valence-corrected chi connectivity index (χ1v) is 13.6. The molecule has 0 heterocycles. The Balaban J connectivity index is -0.00000480. The number of carbonyl (C=O) groups excluding carboxylic acids is 2. The van der Waals surface area contributed by atoms with Crippen LogP contribution < -0.4 is 69.3 Å². The average molecular weight is 523 g/mol. The zero-order valence-corrected chi connectivity index (χ0v) is 27.6. The fourth-order valence-corrected chi connectivity index (χ4v) is 5.99. The number of rotatable bonds is 18. The Bertz CT molecular complexity index is 657. The van der Waals surface area contributed by atoms with Crippen molar-refractivity contribution >= 4 is 22.1 Å². The molecule has 0 spiro atoms. The summed E-state index contributed by atoms with van der Waals surface area (Å²) in [5, 5.41) is 22.0. The molecule has 0 radical (unpaired) electrons. The van der Waals surface area contributed by atoms with Gasteiger partial charge in [0.2, 0.25) is 0 Å². The molecule has 0 aliphatic rings. The predicted molar refractivity (Wildman–Crippen MR) is 122 cm³/mol. The molecular formula is C24H44Na2O7S. The summed E-state index contributed by atoms with van der Waals surface area (Å²) >= 11 is 0. The van der Waals surface area contributed by atoms with E-state index in [-0.39, 0.29) is 83.8 Å². The Hall–Kier alpha value is 0.850. The van der Waals surface area contributed by atoms with Crippen LogP contribution >= 0.6 is 0 Å². The minimum Gasteiger partial charge on any atom is -0.549 e. The van der Waals surface area contributed by atoms with E-state index in [1.807, 2.05) is 41.5 Å². The smallest absolute Gasteiger partial charge is 0.549 e. The predicted octanol–water partition coefficient (Wildman–Crippen LogP) is -2.78.